The molecule has 1 spiro atoms. The summed E-state index contributed by atoms with van der Waals surface area (Å²) in [5.41, 5.74) is 11.9. The van der Waals surface area contributed by atoms with Gasteiger partial charge < -0.3 is 18.9 Å². The predicted octanol–water partition coefficient (Wildman–Crippen LogP) is 11.6. The quantitative estimate of drug-likeness (QED) is 0.116. The van der Waals surface area contributed by atoms with Crippen LogP contribution in [0.5, 0.6) is 23.0 Å². The fraction of sp³-hybridized carbons (Fsp3) is 0.467. The van der Waals surface area contributed by atoms with E-state index in [1.165, 1.54) is 44.5 Å². The van der Waals surface area contributed by atoms with Crippen molar-refractivity contribution < 1.29 is 18.9 Å². The lowest BCUT2D eigenvalue weighted by molar-refractivity contribution is 0.222. The molecular weight excluding hydrogens is 604 g/mol. The fourth-order valence-electron chi connectivity index (χ4n) is 7.13. The van der Waals surface area contributed by atoms with Gasteiger partial charge >= 0.3 is 0 Å². The van der Waals surface area contributed by atoms with Gasteiger partial charge in [-0.25, -0.2) is 0 Å². The van der Waals surface area contributed by atoms with Crippen molar-refractivity contribution in [1.29, 1.82) is 0 Å². The number of hydrogen-bond donors (Lipinski definition) is 0. The van der Waals surface area contributed by atoms with Crippen LogP contribution in [-0.4, -0.2) is 26.4 Å². The molecule has 0 radical (unpaired) electrons. The topological polar surface area (TPSA) is 36.9 Å². The van der Waals surface area contributed by atoms with E-state index < -0.39 is 5.41 Å². The Morgan fingerprint density at radius 2 is 0.796 bits per heavy atom. The van der Waals surface area contributed by atoms with Gasteiger partial charge in [-0.2, -0.15) is 0 Å². The van der Waals surface area contributed by atoms with Crippen molar-refractivity contribution in [3.8, 4) is 45.3 Å². The zero-order chi connectivity index (χ0) is 35.0. The highest BCUT2D eigenvalue weighted by molar-refractivity contribution is 5.96. The summed E-state index contributed by atoms with van der Waals surface area (Å²) in [7, 11) is 0. The highest BCUT2D eigenvalue weighted by Gasteiger charge is 2.53. The van der Waals surface area contributed by atoms with Gasteiger partial charge in [0.2, 0.25) is 0 Å². The third-order valence-corrected chi connectivity index (χ3v) is 10.3. The average Bonchev–Trinajstić information content (AvgIpc) is 3.51. The third kappa shape index (κ3) is 6.44. The first-order valence-electron chi connectivity index (χ1n) is 18.6. The highest BCUT2D eigenvalue weighted by Crippen LogP contribution is 2.65. The van der Waals surface area contributed by atoms with Gasteiger partial charge in [-0.1, -0.05) is 116 Å². The molecule has 0 heterocycles. The smallest absolute Gasteiger partial charge is 0.161 e. The van der Waals surface area contributed by atoms with Crippen LogP contribution in [0.15, 0.2) is 60.7 Å². The van der Waals surface area contributed by atoms with E-state index in [0.717, 1.165) is 47.0 Å². The lowest BCUT2D eigenvalue weighted by atomic mass is 9.70. The van der Waals surface area contributed by atoms with Crippen LogP contribution in [-0.2, 0) is 5.41 Å². The van der Waals surface area contributed by atoms with Crippen molar-refractivity contribution in [2.24, 2.45) is 23.7 Å². The molecule has 4 nitrogen and oxygen atoms in total. The summed E-state index contributed by atoms with van der Waals surface area (Å²) in [6.07, 6.45) is 2.11. The minimum absolute atomic E-state index is 0.384. The van der Waals surface area contributed by atoms with E-state index >= 15 is 0 Å². The number of benzene rings is 4. The van der Waals surface area contributed by atoms with Gasteiger partial charge in [-0.15, -0.1) is 0 Å². The number of hydrogen-bond acceptors (Lipinski definition) is 4. The molecule has 2 aliphatic rings. The van der Waals surface area contributed by atoms with Crippen LogP contribution in [0.2, 0.25) is 0 Å². The lowest BCUT2D eigenvalue weighted by Crippen LogP contribution is -2.26. The summed E-state index contributed by atoms with van der Waals surface area (Å²) >= 11 is 0. The Balaban J connectivity index is 1.69. The van der Waals surface area contributed by atoms with E-state index in [-0.39, 0.29) is 0 Å². The monoisotopic (exact) mass is 660 g/mol. The molecule has 260 valence electrons. The molecule has 4 aromatic rings. The van der Waals surface area contributed by atoms with E-state index in [1.807, 2.05) is 0 Å². The summed E-state index contributed by atoms with van der Waals surface area (Å²) in [5, 5.41) is 0. The van der Waals surface area contributed by atoms with Gasteiger partial charge in [0.15, 0.2) is 23.0 Å². The van der Waals surface area contributed by atoms with Crippen molar-refractivity contribution in [2.75, 3.05) is 26.4 Å². The molecule has 2 unspecified atom stereocenters. The molecule has 0 aromatic heterocycles. The molecule has 2 aliphatic carbocycles. The van der Waals surface area contributed by atoms with Gasteiger partial charge in [0.1, 0.15) is 0 Å². The highest BCUT2D eigenvalue weighted by atomic mass is 16.5. The van der Waals surface area contributed by atoms with Crippen LogP contribution in [0, 0.1) is 37.5 Å². The summed E-state index contributed by atoms with van der Waals surface area (Å²) in [6.45, 7) is 24.6. The normalized spacial score (nSPS) is 14.8. The van der Waals surface area contributed by atoms with Gasteiger partial charge in [-0.05, 0) is 106 Å². The van der Waals surface area contributed by atoms with Crippen LogP contribution in [0.3, 0.4) is 0 Å². The van der Waals surface area contributed by atoms with Crippen LogP contribution < -0.4 is 18.9 Å². The molecule has 0 amide bonds. The van der Waals surface area contributed by atoms with Gasteiger partial charge in [-0.3, -0.25) is 0 Å². The van der Waals surface area contributed by atoms with Crippen molar-refractivity contribution in [3.05, 3.63) is 94.0 Å². The van der Waals surface area contributed by atoms with Crippen LogP contribution in [0.25, 0.3) is 22.3 Å². The van der Waals surface area contributed by atoms with Crippen molar-refractivity contribution >= 4 is 0 Å². The molecule has 0 fully saturated rings. The van der Waals surface area contributed by atoms with Crippen LogP contribution in [0.4, 0.5) is 0 Å². The SMILES string of the molecule is CCC(C)COc1cc2c(cc1OCC(C)C)-c1cc(OCC(C)C)c(OCC(C)CC)cc1C21c2cc(C)ccc2-c2ccc(C)cc21. The fourth-order valence-corrected chi connectivity index (χ4v) is 7.13. The number of rotatable bonds is 14. The third-order valence-electron chi connectivity index (χ3n) is 10.3. The second kappa shape index (κ2) is 14.1. The molecular formula is C45H56O4. The summed E-state index contributed by atoms with van der Waals surface area (Å²) in [6, 6.07) is 23.0. The molecule has 4 heteroatoms. The summed E-state index contributed by atoms with van der Waals surface area (Å²) < 4.78 is 26.5. The molecule has 0 aliphatic heterocycles. The Kier molecular flexibility index (Phi) is 10.1. The van der Waals surface area contributed by atoms with Crippen LogP contribution >= 0.6 is 0 Å². The molecule has 4 aromatic carbocycles. The maximum absolute atomic E-state index is 6.69. The minimum Gasteiger partial charge on any atom is -0.489 e. The van der Waals surface area contributed by atoms with E-state index in [9.17, 15) is 0 Å². The first-order chi connectivity index (χ1) is 23.5. The Bertz CT molecular complexity index is 1680. The lowest BCUT2D eigenvalue weighted by Gasteiger charge is -2.32. The number of aryl methyl sites for hydroxylation is 2. The van der Waals surface area contributed by atoms with E-state index in [2.05, 4.69) is 130 Å². The molecule has 0 bridgehead atoms. The summed E-state index contributed by atoms with van der Waals surface area (Å²) in [5.74, 6) is 4.85. The first kappa shape index (κ1) is 34.9. The van der Waals surface area contributed by atoms with Crippen molar-refractivity contribution in [3.63, 3.8) is 0 Å². The molecule has 49 heavy (non-hydrogen) atoms. The first-order valence-corrected chi connectivity index (χ1v) is 18.6. The summed E-state index contributed by atoms with van der Waals surface area (Å²) in [4.78, 5) is 0. The molecule has 0 saturated carbocycles. The zero-order valence-corrected chi connectivity index (χ0v) is 31.5. The Morgan fingerprint density at radius 1 is 0.449 bits per heavy atom. The number of fused-ring (bicyclic) bond motifs is 10. The van der Waals surface area contributed by atoms with E-state index in [4.69, 9.17) is 18.9 Å². The number of ether oxygens (including phenoxy) is 4. The average molecular weight is 661 g/mol. The van der Waals surface area contributed by atoms with E-state index in [1.54, 1.807) is 0 Å². The largest absolute Gasteiger partial charge is 0.489 e. The van der Waals surface area contributed by atoms with Crippen molar-refractivity contribution in [1.82, 2.24) is 0 Å². The Labute approximate surface area is 295 Å². The molecule has 0 saturated heterocycles. The second-order valence-corrected chi connectivity index (χ2v) is 15.6. The minimum atomic E-state index is -0.552. The standard InChI is InChI=1S/C45H56O4/c1-11-29(7)25-48-43-21-39-35(19-41(43)46-23-27(3)4)36-20-42(47-24-28(5)6)44(49-26-30(8)12-2)22-40(36)45(39)37-17-31(9)13-15-33(37)34-16-14-32(10)18-38(34)45/h13-22,27-30H,11-12,23-26H2,1-10H3. The maximum atomic E-state index is 6.69. The molecule has 6 rings (SSSR count). The van der Waals surface area contributed by atoms with Gasteiger partial charge in [0, 0.05) is 0 Å². The molecule has 2 atom stereocenters. The van der Waals surface area contributed by atoms with Gasteiger partial charge in [0.25, 0.3) is 0 Å². The zero-order valence-electron chi connectivity index (χ0n) is 31.5. The van der Waals surface area contributed by atoms with Crippen molar-refractivity contribution in [2.45, 2.75) is 87.5 Å². The second-order valence-electron chi connectivity index (χ2n) is 15.6. The Hall–Kier alpha value is -3.92. The van der Waals surface area contributed by atoms with Gasteiger partial charge in [0.05, 0.1) is 31.8 Å². The Morgan fingerprint density at radius 3 is 1.16 bits per heavy atom. The van der Waals surface area contributed by atoms with E-state index in [0.29, 0.717) is 50.1 Å². The molecule has 0 N–H and O–H groups in total. The van der Waals surface area contributed by atoms with Crippen LogP contribution in [0.1, 0.15) is 102 Å². The predicted molar refractivity (Wildman–Crippen MR) is 203 cm³/mol. The maximum Gasteiger partial charge on any atom is 0.161 e.